The molecule has 8 heteroatoms. The zero-order valence-electron chi connectivity index (χ0n) is 17.2. The number of nitrogens with one attached hydrogen (secondary N) is 2. The molecule has 1 fully saturated rings. The Labute approximate surface area is 166 Å². The molecular formula is C20H31N7O. The van der Waals surface area contributed by atoms with Crippen LogP contribution in [-0.2, 0) is 37.6 Å². The van der Waals surface area contributed by atoms with Crippen LogP contribution in [0.15, 0.2) is 0 Å². The van der Waals surface area contributed by atoms with Crippen molar-refractivity contribution in [3.63, 3.8) is 0 Å². The number of H-pyrrole nitrogens is 1. The number of hydrogen-bond acceptors (Lipinski definition) is 5. The van der Waals surface area contributed by atoms with Crippen LogP contribution in [-0.4, -0.2) is 55.9 Å². The largest absolute Gasteiger partial charge is 0.353 e. The summed E-state index contributed by atoms with van der Waals surface area (Å²) in [6.07, 6.45) is 7.78. The van der Waals surface area contributed by atoms with Gasteiger partial charge in [-0.05, 0) is 58.2 Å². The third-order valence-electron chi connectivity index (χ3n) is 6.06. The van der Waals surface area contributed by atoms with E-state index in [0.29, 0.717) is 12.3 Å². The Hall–Kier alpha value is -2.22. The SMILES string of the molecule is CN(C)Cc1nnc(C2CC(NC(=O)CCc3n[nH]c4c3CCCC4)C2)n1C. The van der Waals surface area contributed by atoms with Crippen molar-refractivity contribution < 1.29 is 4.79 Å². The van der Waals surface area contributed by atoms with Crippen molar-refractivity contribution in [2.24, 2.45) is 7.05 Å². The van der Waals surface area contributed by atoms with Crippen LogP contribution in [0, 0.1) is 0 Å². The molecule has 0 spiro atoms. The van der Waals surface area contributed by atoms with Gasteiger partial charge in [0.1, 0.15) is 11.6 Å². The standard InChI is InChI=1S/C20H31N7O/c1-26(2)12-18-24-25-20(27(18)3)13-10-14(11-13)21-19(28)9-8-17-15-6-4-5-7-16(15)22-23-17/h13-14H,4-12H2,1-3H3,(H,21,28)(H,22,23). The van der Waals surface area contributed by atoms with Gasteiger partial charge in [-0.25, -0.2) is 0 Å². The highest BCUT2D eigenvalue weighted by molar-refractivity contribution is 5.76. The molecular weight excluding hydrogens is 354 g/mol. The molecule has 4 rings (SSSR count). The molecule has 0 aliphatic heterocycles. The van der Waals surface area contributed by atoms with Crippen LogP contribution in [0.5, 0.6) is 0 Å². The second-order valence-corrected chi connectivity index (χ2v) is 8.54. The van der Waals surface area contributed by atoms with E-state index in [2.05, 4.69) is 35.2 Å². The van der Waals surface area contributed by atoms with Gasteiger partial charge in [0, 0.05) is 37.5 Å². The summed E-state index contributed by atoms with van der Waals surface area (Å²) in [6, 6.07) is 0.250. The Morgan fingerprint density at radius 1 is 1.25 bits per heavy atom. The lowest BCUT2D eigenvalue weighted by atomic mass is 9.79. The monoisotopic (exact) mass is 385 g/mol. The maximum atomic E-state index is 12.4. The Morgan fingerprint density at radius 3 is 2.82 bits per heavy atom. The summed E-state index contributed by atoms with van der Waals surface area (Å²) < 4.78 is 2.10. The first-order chi connectivity index (χ1) is 13.5. The molecule has 2 aromatic heterocycles. The fourth-order valence-corrected chi connectivity index (χ4v) is 4.39. The highest BCUT2D eigenvalue weighted by atomic mass is 16.1. The van der Waals surface area contributed by atoms with Crippen LogP contribution in [0.4, 0.5) is 0 Å². The highest BCUT2D eigenvalue weighted by Crippen LogP contribution is 2.36. The average molecular weight is 386 g/mol. The van der Waals surface area contributed by atoms with Crippen molar-refractivity contribution in [3.05, 3.63) is 28.6 Å². The summed E-state index contributed by atoms with van der Waals surface area (Å²) >= 11 is 0. The molecule has 2 aliphatic carbocycles. The summed E-state index contributed by atoms with van der Waals surface area (Å²) in [5.74, 6) is 2.53. The maximum absolute atomic E-state index is 12.4. The number of carbonyl (C=O) groups excluding carboxylic acids is 1. The second kappa shape index (κ2) is 8.03. The summed E-state index contributed by atoms with van der Waals surface area (Å²) in [5, 5.41) is 19.5. The number of carbonyl (C=O) groups is 1. The summed E-state index contributed by atoms with van der Waals surface area (Å²) in [6.45, 7) is 0.785. The Balaban J connectivity index is 1.23. The first kappa shape index (κ1) is 19.1. The minimum atomic E-state index is 0.127. The third-order valence-corrected chi connectivity index (χ3v) is 6.06. The van der Waals surface area contributed by atoms with Gasteiger partial charge in [0.15, 0.2) is 0 Å². The molecule has 28 heavy (non-hydrogen) atoms. The number of aromatic amines is 1. The van der Waals surface area contributed by atoms with Crippen molar-refractivity contribution in [2.75, 3.05) is 14.1 Å². The molecule has 0 aromatic carbocycles. The zero-order chi connectivity index (χ0) is 19.7. The van der Waals surface area contributed by atoms with E-state index in [1.165, 1.54) is 24.1 Å². The van der Waals surface area contributed by atoms with Crippen molar-refractivity contribution in [1.82, 2.24) is 35.2 Å². The molecule has 2 aliphatic rings. The Bertz CT molecular complexity index is 832. The van der Waals surface area contributed by atoms with E-state index in [4.69, 9.17) is 0 Å². The topological polar surface area (TPSA) is 91.7 Å². The minimum absolute atomic E-state index is 0.127. The van der Waals surface area contributed by atoms with Crippen LogP contribution >= 0.6 is 0 Å². The van der Waals surface area contributed by atoms with E-state index < -0.39 is 0 Å². The van der Waals surface area contributed by atoms with Crippen LogP contribution < -0.4 is 5.32 Å². The molecule has 0 unspecified atom stereocenters. The molecule has 0 atom stereocenters. The zero-order valence-corrected chi connectivity index (χ0v) is 17.2. The van der Waals surface area contributed by atoms with Gasteiger partial charge < -0.3 is 14.8 Å². The quantitative estimate of drug-likeness (QED) is 0.753. The van der Waals surface area contributed by atoms with Gasteiger partial charge in [-0.3, -0.25) is 9.89 Å². The maximum Gasteiger partial charge on any atom is 0.220 e. The van der Waals surface area contributed by atoms with Crippen molar-refractivity contribution in [3.8, 4) is 0 Å². The summed E-state index contributed by atoms with van der Waals surface area (Å²) in [4.78, 5) is 14.4. The molecule has 1 amide bonds. The van der Waals surface area contributed by atoms with Gasteiger partial charge in [-0.15, -0.1) is 10.2 Å². The fraction of sp³-hybridized carbons (Fsp3) is 0.700. The first-order valence-electron chi connectivity index (χ1n) is 10.4. The first-order valence-corrected chi connectivity index (χ1v) is 10.4. The number of aryl methyl sites for hydroxylation is 2. The van der Waals surface area contributed by atoms with E-state index in [-0.39, 0.29) is 11.9 Å². The lowest BCUT2D eigenvalue weighted by Crippen LogP contribution is -2.44. The van der Waals surface area contributed by atoms with E-state index in [1.807, 2.05) is 21.1 Å². The normalized spacial score (nSPS) is 21.4. The molecule has 2 N–H and O–H groups in total. The summed E-state index contributed by atoms with van der Waals surface area (Å²) in [5.41, 5.74) is 3.73. The predicted octanol–water partition coefficient (Wildman–Crippen LogP) is 1.47. The summed E-state index contributed by atoms with van der Waals surface area (Å²) in [7, 11) is 6.09. The van der Waals surface area contributed by atoms with E-state index in [1.54, 1.807) is 0 Å². The third kappa shape index (κ3) is 3.97. The lowest BCUT2D eigenvalue weighted by molar-refractivity contribution is -0.122. The fourth-order valence-electron chi connectivity index (χ4n) is 4.39. The number of nitrogens with zero attached hydrogens (tertiary/aromatic N) is 5. The lowest BCUT2D eigenvalue weighted by Gasteiger charge is -2.35. The molecule has 1 saturated carbocycles. The smallest absolute Gasteiger partial charge is 0.220 e. The van der Waals surface area contributed by atoms with Crippen molar-refractivity contribution in [1.29, 1.82) is 0 Å². The van der Waals surface area contributed by atoms with Gasteiger partial charge in [0.05, 0.1) is 12.2 Å². The highest BCUT2D eigenvalue weighted by Gasteiger charge is 2.34. The van der Waals surface area contributed by atoms with Crippen LogP contribution in [0.2, 0.25) is 0 Å². The molecule has 8 nitrogen and oxygen atoms in total. The second-order valence-electron chi connectivity index (χ2n) is 8.54. The Kier molecular flexibility index (Phi) is 5.48. The molecule has 2 heterocycles. The van der Waals surface area contributed by atoms with Crippen LogP contribution in [0.25, 0.3) is 0 Å². The number of hydrogen-bond donors (Lipinski definition) is 2. The molecule has 0 radical (unpaired) electrons. The van der Waals surface area contributed by atoms with Gasteiger partial charge in [-0.2, -0.15) is 5.10 Å². The van der Waals surface area contributed by atoms with E-state index in [9.17, 15) is 4.79 Å². The minimum Gasteiger partial charge on any atom is -0.353 e. The van der Waals surface area contributed by atoms with Gasteiger partial charge in [-0.1, -0.05) is 0 Å². The molecule has 0 saturated heterocycles. The van der Waals surface area contributed by atoms with Gasteiger partial charge in [0.2, 0.25) is 5.91 Å². The van der Waals surface area contributed by atoms with Crippen LogP contribution in [0.1, 0.15) is 66.6 Å². The number of fused-ring (bicyclic) bond motifs is 1. The molecule has 2 aromatic rings. The predicted molar refractivity (Wildman–Crippen MR) is 106 cm³/mol. The van der Waals surface area contributed by atoms with Gasteiger partial charge in [0.25, 0.3) is 0 Å². The van der Waals surface area contributed by atoms with Crippen molar-refractivity contribution >= 4 is 5.91 Å². The van der Waals surface area contributed by atoms with E-state index >= 15 is 0 Å². The van der Waals surface area contributed by atoms with E-state index in [0.717, 1.165) is 56.0 Å². The molecule has 0 bridgehead atoms. The Morgan fingerprint density at radius 2 is 2.04 bits per heavy atom. The van der Waals surface area contributed by atoms with Crippen LogP contribution in [0.3, 0.4) is 0 Å². The number of amides is 1. The number of rotatable bonds is 7. The molecule has 152 valence electrons. The van der Waals surface area contributed by atoms with Crippen molar-refractivity contribution in [2.45, 2.75) is 69.9 Å². The number of aromatic nitrogens is 5. The average Bonchev–Trinajstić information content (AvgIpc) is 3.20. The van der Waals surface area contributed by atoms with Gasteiger partial charge >= 0.3 is 0 Å².